The van der Waals surface area contributed by atoms with E-state index >= 15 is 0 Å². The molecule has 29 heavy (non-hydrogen) atoms. The molecule has 2 aromatic carbocycles. The third-order valence-corrected chi connectivity index (χ3v) is 4.66. The number of ether oxygens (including phenoxy) is 2. The molecule has 0 unspecified atom stereocenters. The molecule has 0 aromatic heterocycles. The van der Waals surface area contributed by atoms with Crippen molar-refractivity contribution in [2.75, 3.05) is 37.9 Å². The molecule has 6 nitrogen and oxygen atoms in total. The van der Waals surface area contributed by atoms with Crippen LogP contribution in [0.5, 0.6) is 11.5 Å². The van der Waals surface area contributed by atoms with E-state index in [9.17, 15) is 0 Å². The summed E-state index contributed by atoms with van der Waals surface area (Å²) in [7, 11) is 3.27. The topological polar surface area (TPSA) is 66.6 Å². The van der Waals surface area contributed by atoms with Crippen molar-refractivity contribution in [1.82, 2.24) is 10.6 Å². The SMILES string of the molecule is COc1ccccc1NC(=S)NCC(C)(C)CNC(=S)Nc1ccccc1OC. The van der Waals surface area contributed by atoms with Gasteiger partial charge in [0.1, 0.15) is 11.5 Å². The summed E-state index contributed by atoms with van der Waals surface area (Å²) in [6.07, 6.45) is 0. The van der Waals surface area contributed by atoms with Gasteiger partial charge in [-0.05, 0) is 54.1 Å². The van der Waals surface area contributed by atoms with E-state index < -0.39 is 0 Å². The third-order valence-electron chi connectivity index (χ3n) is 4.17. The largest absolute Gasteiger partial charge is 0.495 e. The molecule has 0 atom stereocenters. The van der Waals surface area contributed by atoms with E-state index in [1.807, 2.05) is 48.5 Å². The van der Waals surface area contributed by atoms with Crippen LogP contribution in [-0.2, 0) is 0 Å². The highest BCUT2D eigenvalue weighted by atomic mass is 32.1. The van der Waals surface area contributed by atoms with Crippen molar-refractivity contribution in [1.29, 1.82) is 0 Å². The second-order valence-electron chi connectivity index (χ2n) is 7.18. The molecule has 2 rings (SSSR count). The minimum Gasteiger partial charge on any atom is -0.495 e. The van der Waals surface area contributed by atoms with Crippen LogP contribution < -0.4 is 30.7 Å². The van der Waals surface area contributed by atoms with E-state index in [0.29, 0.717) is 23.3 Å². The smallest absolute Gasteiger partial charge is 0.170 e. The van der Waals surface area contributed by atoms with Crippen molar-refractivity contribution in [2.24, 2.45) is 5.41 Å². The minimum absolute atomic E-state index is 0.0982. The first kappa shape index (κ1) is 22.7. The van der Waals surface area contributed by atoms with Crippen molar-refractivity contribution < 1.29 is 9.47 Å². The number of hydrogen-bond acceptors (Lipinski definition) is 4. The summed E-state index contributed by atoms with van der Waals surface area (Å²) in [5, 5.41) is 13.9. The number of hydrogen-bond donors (Lipinski definition) is 4. The molecular weight excluding hydrogens is 404 g/mol. The Kier molecular flexibility index (Phi) is 8.48. The molecule has 0 spiro atoms. The summed E-state index contributed by atoms with van der Waals surface area (Å²) < 4.78 is 10.7. The molecule has 2 aromatic rings. The second kappa shape index (κ2) is 10.8. The van der Waals surface area contributed by atoms with Gasteiger partial charge in [0, 0.05) is 13.1 Å². The predicted octanol–water partition coefficient (Wildman–Crippen LogP) is 4.00. The molecule has 0 amide bonds. The fourth-order valence-electron chi connectivity index (χ4n) is 2.53. The van der Waals surface area contributed by atoms with Crippen LogP contribution in [0, 0.1) is 5.41 Å². The number of thiocarbonyl (C=S) groups is 2. The number of para-hydroxylation sites is 4. The first-order valence-electron chi connectivity index (χ1n) is 9.20. The first-order valence-corrected chi connectivity index (χ1v) is 10.0. The molecule has 0 saturated heterocycles. The number of rotatable bonds is 8. The number of nitrogens with one attached hydrogen (secondary N) is 4. The molecule has 4 N–H and O–H groups in total. The quantitative estimate of drug-likeness (QED) is 0.467. The van der Waals surface area contributed by atoms with Crippen LogP contribution in [0.1, 0.15) is 13.8 Å². The van der Waals surface area contributed by atoms with E-state index in [-0.39, 0.29) is 5.41 Å². The van der Waals surface area contributed by atoms with Gasteiger partial charge in [-0.25, -0.2) is 0 Å². The zero-order valence-electron chi connectivity index (χ0n) is 17.2. The molecule has 0 saturated carbocycles. The first-order chi connectivity index (χ1) is 13.8. The molecule has 0 radical (unpaired) electrons. The highest BCUT2D eigenvalue weighted by Crippen LogP contribution is 2.24. The fraction of sp³-hybridized carbons (Fsp3) is 0.333. The number of benzene rings is 2. The maximum atomic E-state index is 5.41. The molecule has 0 bridgehead atoms. The molecule has 0 heterocycles. The highest BCUT2D eigenvalue weighted by Gasteiger charge is 2.19. The van der Waals surface area contributed by atoms with Crippen LogP contribution >= 0.6 is 24.4 Å². The molecule has 8 heteroatoms. The number of methoxy groups -OCH3 is 2. The highest BCUT2D eigenvalue weighted by molar-refractivity contribution is 7.80. The minimum atomic E-state index is -0.0982. The predicted molar refractivity (Wildman–Crippen MR) is 128 cm³/mol. The van der Waals surface area contributed by atoms with Gasteiger partial charge in [0.15, 0.2) is 10.2 Å². The Morgan fingerprint density at radius 1 is 0.759 bits per heavy atom. The number of anilines is 2. The Labute approximate surface area is 183 Å². The summed E-state index contributed by atoms with van der Waals surface area (Å²) in [5.41, 5.74) is 1.55. The zero-order valence-corrected chi connectivity index (χ0v) is 18.8. The lowest BCUT2D eigenvalue weighted by atomic mass is 9.93. The van der Waals surface area contributed by atoms with Crippen LogP contribution in [0.15, 0.2) is 48.5 Å². The van der Waals surface area contributed by atoms with Gasteiger partial charge in [0.25, 0.3) is 0 Å². The van der Waals surface area contributed by atoms with E-state index in [2.05, 4.69) is 35.1 Å². The Morgan fingerprint density at radius 2 is 1.14 bits per heavy atom. The fourth-order valence-corrected chi connectivity index (χ4v) is 2.89. The molecular formula is C21H28N4O2S2. The monoisotopic (exact) mass is 432 g/mol. The lowest BCUT2D eigenvalue weighted by Crippen LogP contribution is -2.44. The van der Waals surface area contributed by atoms with Crippen molar-refractivity contribution in [2.45, 2.75) is 13.8 Å². The van der Waals surface area contributed by atoms with E-state index in [1.54, 1.807) is 14.2 Å². The summed E-state index contributed by atoms with van der Waals surface area (Å²) >= 11 is 10.8. The van der Waals surface area contributed by atoms with Crippen molar-refractivity contribution in [3.05, 3.63) is 48.5 Å². The summed E-state index contributed by atoms with van der Waals surface area (Å²) in [6, 6.07) is 15.3. The van der Waals surface area contributed by atoms with E-state index in [1.165, 1.54) is 0 Å². The lowest BCUT2D eigenvalue weighted by Gasteiger charge is -2.27. The average Bonchev–Trinajstić information content (AvgIpc) is 2.72. The Morgan fingerprint density at radius 3 is 1.52 bits per heavy atom. The average molecular weight is 433 g/mol. The summed E-state index contributed by atoms with van der Waals surface area (Å²) in [5.74, 6) is 1.48. The lowest BCUT2D eigenvalue weighted by molar-refractivity contribution is 0.362. The van der Waals surface area contributed by atoms with Gasteiger partial charge in [-0.3, -0.25) is 0 Å². The van der Waals surface area contributed by atoms with E-state index in [4.69, 9.17) is 33.9 Å². The maximum absolute atomic E-state index is 5.41. The van der Waals surface area contributed by atoms with Crippen LogP contribution in [0.3, 0.4) is 0 Å². The van der Waals surface area contributed by atoms with Gasteiger partial charge in [-0.1, -0.05) is 38.1 Å². The van der Waals surface area contributed by atoms with Gasteiger partial charge in [0.2, 0.25) is 0 Å². The Hall–Kier alpha value is -2.58. The summed E-state index contributed by atoms with van der Waals surface area (Å²) in [4.78, 5) is 0. The van der Waals surface area contributed by atoms with Gasteiger partial charge in [0.05, 0.1) is 25.6 Å². The normalized spacial score (nSPS) is 10.6. The zero-order chi connectivity index (χ0) is 21.3. The van der Waals surface area contributed by atoms with Crippen LogP contribution in [0.25, 0.3) is 0 Å². The van der Waals surface area contributed by atoms with Crippen LogP contribution in [-0.4, -0.2) is 37.5 Å². The van der Waals surface area contributed by atoms with Crippen LogP contribution in [0.4, 0.5) is 11.4 Å². The standard InChI is InChI=1S/C21H28N4O2S2/c1-21(2,13-22-19(28)24-15-9-5-7-11-17(15)26-3)14-23-20(29)25-16-10-6-8-12-18(16)27-4/h5-12H,13-14H2,1-4H3,(H2,22,24,28)(H2,23,25,29). The van der Waals surface area contributed by atoms with Gasteiger partial charge in [-0.2, -0.15) is 0 Å². The molecule has 0 fully saturated rings. The van der Waals surface area contributed by atoms with E-state index in [0.717, 1.165) is 22.9 Å². The molecule has 0 aliphatic rings. The Bertz CT molecular complexity index is 775. The summed E-state index contributed by atoms with van der Waals surface area (Å²) in [6.45, 7) is 5.59. The van der Waals surface area contributed by atoms with Gasteiger partial charge >= 0.3 is 0 Å². The molecule has 156 valence electrons. The van der Waals surface area contributed by atoms with Crippen molar-refractivity contribution in [3.63, 3.8) is 0 Å². The van der Waals surface area contributed by atoms with Crippen molar-refractivity contribution in [3.8, 4) is 11.5 Å². The molecule has 0 aliphatic heterocycles. The Balaban J connectivity index is 1.80. The second-order valence-corrected chi connectivity index (χ2v) is 8.00. The molecule has 0 aliphatic carbocycles. The van der Waals surface area contributed by atoms with Gasteiger partial charge < -0.3 is 30.7 Å². The maximum Gasteiger partial charge on any atom is 0.170 e. The third kappa shape index (κ3) is 7.40. The van der Waals surface area contributed by atoms with Crippen molar-refractivity contribution >= 4 is 46.0 Å². The van der Waals surface area contributed by atoms with Crippen LogP contribution in [0.2, 0.25) is 0 Å². The van der Waals surface area contributed by atoms with Gasteiger partial charge in [-0.15, -0.1) is 0 Å².